The lowest BCUT2D eigenvalue weighted by atomic mass is 9.77. The van der Waals surface area contributed by atoms with Crippen LogP contribution in [0.2, 0.25) is 0 Å². The van der Waals surface area contributed by atoms with Gasteiger partial charge in [-0.3, -0.25) is 0 Å². The van der Waals surface area contributed by atoms with Crippen molar-refractivity contribution in [2.24, 2.45) is 5.92 Å². The van der Waals surface area contributed by atoms with E-state index in [2.05, 4.69) is 18.8 Å². The van der Waals surface area contributed by atoms with Gasteiger partial charge in [0.1, 0.15) is 5.82 Å². The summed E-state index contributed by atoms with van der Waals surface area (Å²) in [5, 5.41) is 0. The predicted molar refractivity (Wildman–Crippen MR) is 98.3 cm³/mol. The molecular weight excluding hydrogens is 333 g/mol. The zero-order valence-electron chi connectivity index (χ0n) is 15.0. The van der Waals surface area contributed by atoms with Crippen molar-refractivity contribution < 1.29 is 13.2 Å². The summed E-state index contributed by atoms with van der Waals surface area (Å²) in [5.41, 5.74) is 1.63. The molecule has 3 heteroatoms. The second-order valence-corrected chi connectivity index (χ2v) is 7.12. The summed E-state index contributed by atoms with van der Waals surface area (Å²) in [6.45, 7) is 2.22. The van der Waals surface area contributed by atoms with Gasteiger partial charge in [0.05, 0.1) is 5.56 Å². The Morgan fingerprint density at radius 2 is 1.62 bits per heavy atom. The molecule has 0 spiro atoms. The minimum atomic E-state index is -0.953. The molecular formula is C23H23F3. The summed E-state index contributed by atoms with van der Waals surface area (Å²) in [7, 11) is 0. The molecule has 0 radical (unpaired) electrons. The van der Waals surface area contributed by atoms with Crippen LogP contribution in [0.4, 0.5) is 13.2 Å². The van der Waals surface area contributed by atoms with E-state index >= 15 is 0 Å². The normalized spacial score (nSPS) is 19.7. The molecule has 0 N–H and O–H groups in total. The fraction of sp³-hybridized carbons (Fsp3) is 0.391. The highest BCUT2D eigenvalue weighted by Crippen LogP contribution is 2.37. The van der Waals surface area contributed by atoms with Crippen molar-refractivity contribution in [2.45, 2.75) is 51.4 Å². The lowest BCUT2D eigenvalue weighted by molar-refractivity contribution is 0.308. The molecule has 1 aliphatic rings. The van der Waals surface area contributed by atoms with Crippen LogP contribution in [-0.2, 0) is 0 Å². The highest BCUT2D eigenvalue weighted by atomic mass is 19.2. The van der Waals surface area contributed by atoms with Crippen LogP contribution in [0.3, 0.4) is 0 Å². The SMILES string of the molecule is CCCC1CCC(c2ccc(C#Cc3ccc(F)c(F)c3)c(F)c2)CC1. The highest BCUT2D eigenvalue weighted by molar-refractivity contribution is 5.44. The van der Waals surface area contributed by atoms with Crippen molar-refractivity contribution in [3.63, 3.8) is 0 Å². The molecule has 0 amide bonds. The molecule has 1 aliphatic carbocycles. The maximum Gasteiger partial charge on any atom is 0.160 e. The first kappa shape index (κ1) is 18.6. The predicted octanol–water partition coefficient (Wildman–Crippen LogP) is 6.58. The van der Waals surface area contributed by atoms with E-state index < -0.39 is 11.6 Å². The highest BCUT2D eigenvalue weighted by Gasteiger charge is 2.22. The Morgan fingerprint density at radius 1 is 0.846 bits per heavy atom. The molecule has 3 rings (SSSR count). The molecule has 0 unspecified atom stereocenters. The number of rotatable bonds is 3. The largest absolute Gasteiger partial charge is 0.206 e. The first-order chi connectivity index (χ1) is 12.6. The Balaban J connectivity index is 1.70. The van der Waals surface area contributed by atoms with Crippen molar-refractivity contribution in [1.29, 1.82) is 0 Å². The number of halogens is 3. The van der Waals surface area contributed by atoms with Crippen LogP contribution in [0.1, 0.15) is 68.1 Å². The lowest BCUT2D eigenvalue weighted by Crippen LogP contribution is -2.13. The van der Waals surface area contributed by atoms with Crippen LogP contribution in [0.25, 0.3) is 0 Å². The zero-order chi connectivity index (χ0) is 18.5. The maximum atomic E-state index is 14.4. The van der Waals surface area contributed by atoms with Gasteiger partial charge in [-0.1, -0.05) is 37.7 Å². The maximum absolute atomic E-state index is 14.4. The lowest BCUT2D eigenvalue weighted by Gasteiger charge is -2.28. The topological polar surface area (TPSA) is 0 Å². The Kier molecular flexibility index (Phi) is 6.04. The molecule has 0 heterocycles. The van der Waals surface area contributed by atoms with Gasteiger partial charge in [0.15, 0.2) is 11.6 Å². The van der Waals surface area contributed by atoms with Gasteiger partial charge in [-0.05, 0) is 73.4 Å². The van der Waals surface area contributed by atoms with E-state index in [0.29, 0.717) is 11.5 Å². The zero-order valence-corrected chi connectivity index (χ0v) is 15.0. The van der Waals surface area contributed by atoms with E-state index in [9.17, 15) is 13.2 Å². The van der Waals surface area contributed by atoms with E-state index in [1.165, 1.54) is 31.7 Å². The smallest absolute Gasteiger partial charge is 0.160 e. The molecule has 0 atom stereocenters. The molecule has 0 saturated heterocycles. The van der Waals surface area contributed by atoms with Crippen molar-refractivity contribution in [1.82, 2.24) is 0 Å². The van der Waals surface area contributed by atoms with Gasteiger partial charge < -0.3 is 0 Å². The second-order valence-electron chi connectivity index (χ2n) is 7.12. The monoisotopic (exact) mass is 356 g/mol. The van der Waals surface area contributed by atoms with Crippen LogP contribution < -0.4 is 0 Å². The third-order valence-corrected chi connectivity index (χ3v) is 5.27. The number of hydrogen-bond acceptors (Lipinski definition) is 0. The first-order valence-electron chi connectivity index (χ1n) is 9.33. The van der Waals surface area contributed by atoms with Gasteiger partial charge >= 0.3 is 0 Å². The molecule has 2 aromatic rings. The van der Waals surface area contributed by atoms with E-state index in [-0.39, 0.29) is 11.4 Å². The van der Waals surface area contributed by atoms with E-state index in [0.717, 1.165) is 36.5 Å². The van der Waals surface area contributed by atoms with Crippen molar-refractivity contribution in [3.05, 3.63) is 70.5 Å². The standard InChI is InChI=1S/C23H23F3/c1-2-3-16-4-8-18(9-5-16)20-12-11-19(22(25)15-20)10-6-17-7-13-21(24)23(26)14-17/h7,11-16,18H,2-5,8-9H2,1H3. The fourth-order valence-corrected chi connectivity index (χ4v) is 3.79. The van der Waals surface area contributed by atoms with Gasteiger partial charge in [-0.25, -0.2) is 13.2 Å². The van der Waals surface area contributed by atoms with Crippen molar-refractivity contribution in [2.75, 3.05) is 0 Å². The quantitative estimate of drug-likeness (QED) is 0.545. The van der Waals surface area contributed by atoms with Crippen LogP contribution in [0.5, 0.6) is 0 Å². The molecule has 1 saturated carbocycles. The van der Waals surface area contributed by atoms with Crippen molar-refractivity contribution >= 4 is 0 Å². The Hall–Kier alpha value is -2.21. The molecule has 2 aromatic carbocycles. The fourth-order valence-electron chi connectivity index (χ4n) is 3.79. The second kappa shape index (κ2) is 8.45. The van der Waals surface area contributed by atoms with Gasteiger partial charge in [-0.15, -0.1) is 0 Å². The summed E-state index contributed by atoms with van der Waals surface area (Å²) >= 11 is 0. The minimum absolute atomic E-state index is 0.276. The number of hydrogen-bond donors (Lipinski definition) is 0. The molecule has 0 nitrogen and oxygen atoms in total. The third-order valence-electron chi connectivity index (χ3n) is 5.27. The van der Waals surface area contributed by atoms with E-state index in [4.69, 9.17) is 0 Å². The molecule has 136 valence electrons. The Labute approximate surface area is 153 Å². The van der Waals surface area contributed by atoms with Gasteiger partial charge in [0.25, 0.3) is 0 Å². The van der Waals surface area contributed by atoms with Crippen LogP contribution in [-0.4, -0.2) is 0 Å². The Bertz CT molecular complexity index is 821. The molecule has 1 fully saturated rings. The molecule has 0 bridgehead atoms. The third kappa shape index (κ3) is 4.49. The van der Waals surface area contributed by atoms with Crippen LogP contribution >= 0.6 is 0 Å². The summed E-state index contributed by atoms with van der Waals surface area (Å²) in [6.07, 6.45) is 7.19. The molecule has 0 aromatic heterocycles. The average Bonchev–Trinajstić information content (AvgIpc) is 2.64. The van der Waals surface area contributed by atoms with E-state index in [1.807, 2.05) is 6.07 Å². The first-order valence-corrected chi connectivity index (χ1v) is 9.33. The van der Waals surface area contributed by atoms with Crippen molar-refractivity contribution in [3.8, 4) is 11.8 Å². The summed E-state index contributed by atoms with van der Waals surface area (Å²) in [4.78, 5) is 0. The summed E-state index contributed by atoms with van der Waals surface area (Å²) < 4.78 is 40.5. The number of benzene rings is 2. The molecule has 26 heavy (non-hydrogen) atoms. The average molecular weight is 356 g/mol. The van der Waals surface area contributed by atoms with Crippen LogP contribution in [0.15, 0.2) is 36.4 Å². The van der Waals surface area contributed by atoms with E-state index in [1.54, 1.807) is 12.1 Å². The van der Waals surface area contributed by atoms with Crippen LogP contribution in [0, 0.1) is 35.2 Å². The van der Waals surface area contributed by atoms with Gasteiger partial charge in [0, 0.05) is 5.56 Å². The van der Waals surface area contributed by atoms with Gasteiger partial charge in [0.2, 0.25) is 0 Å². The minimum Gasteiger partial charge on any atom is -0.206 e. The Morgan fingerprint density at radius 3 is 2.27 bits per heavy atom. The molecule has 0 aliphatic heterocycles. The summed E-state index contributed by atoms with van der Waals surface area (Å²) in [5.74, 6) is 4.43. The van der Waals surface area contributed by atoms with Gasteiger partial charge in [-0.2, -0.15) is 0 Å². The summed E-state index contributed by atoms with van der Waals surface area (Å²) in [6, 6.07) is 8.64.